The Morgan fingerprint density at radius 1 is 1.04 bits per heavy atom. The Balaban J connectivity index is 1.78. The van der Waals surface area contributed by atoms with E-state index >= 15 is 0 Å². The fourth-order valence-electron chi connectivity index (χ4n) is 2.12. The maximum atomic E-state index is 11.9. The molecule has 2 aromatic carbocycles. The van der Waals surface area contributed by atoms with E-state index in [0.717, 1.165) is 0 Å². The average molecular weight is 335 g/mol. The van der Waals surface area contributed by atoms with Gasteiger partial charge < -0.3 is 14.8 Å². The first-order chi connectivity index (χ1) is 12.2. The van der Waals surface area contributed by atoms with Gasteiger partial charge in [0.15, 0.2) is 11.5 Å². The highest BCUT2D eigenvalue weighted by Crippen LogP contribution is 2.27. The first kappa shape index (κ1) is 17.8. The molecule has 0 atom stereocenters. The zero-order chi connectivity index (χ0) is 18.1. The van der Waals surface area contributed by atoms with Crippen molar-refractivity contribution in [3.63, 3.8) is 0 Å². The van der Waals surface area contributed by atoms with Gasteiger partial charge in [-0.25, -0.2) is 0 Å². The summed E-state index contributed by atoms with van der Waals surface area (Å²) in [6, 6.07) is 15.7. The normalized spacial score (nSPS) is 9.56. The van der Waals surface area contributed by atoms with Crippen LogP contribution in [0.5, 0.6) is 11.5 Å². The molecular weight excluding hydrogens is 318 g/mol. The zero-order valence-corrected chi connectivity index (χ0v) is 13.8. The summed E-state index contributed by atoms with van der Waals surface area (Å²) in [6.07, 6.45) is 0.837. The molecule has 6 nitrogen and oxygen atoms in total. The molecule has 0 heterocycles. The zero-order valence-electron chi connectivity index (χ0n) is 13.8. The minimum atomic E-state index is -0.125. The Kier molecular flexibility index (Phi) is 6.39. The number of carbonyl (C=O) groups is 1. The summed E-state index contributed by atoms with van der Waals surface area (Å²) in [4.78, 5) is 11.9. The van der Waals surface area contributed by atoms with Crippen molar-refractivity contribution >= 4 is 11.6 Å². The number of ether oxygens (including phenoxy) is 2. The first-order valence-corrected chi connectivity index (χ1v) is 7.67. The molecule has 0 fully saturated rings. The Morgan fingerprint density at radius 2 is 1.72 bits per heavy atom. The molecule has 0 radical (unpaired) electrons. The minimum Gasteiger partial charge on any atom is -0.493 e. The van der Waals surface area contributed by atoms with Crippen molar-refractivity contribution in [1.29, 1.82) is 10.5 Å². The van der Waals surface area contributed by atoms with Crippen LogP contribution in [0.25, 0.3) is 0 Å². The SMILES string of the molecule is COc1cc(C#N)ccc1OCCCC(=O)Nc1ccc(C#N)cc1. The third kappa shape index (κ3) is 5.26. The van der Waals surface area contributed by atoms with E-state index in [9.17, 15) is 4.79 Å². The van der Waals surface area contributed by atoms with Gasteiger partial charge in [-0.3, -0.25) is 4.79 Å². The summed E-state index contributed by atoms with van der Waals surface area (Å²) < 4.78 is 10.8. The standard InChI is InChI=1S/C19H17N3O3/c1-24-18-11-15(13-21)6-9-17(18)25-10-2-3-19(23)22-16-7-4-14(12-20)5-8-16/h4-9,11H,2-3,10H2,1H3,(H,22,23). The van der Waals surface area contributed by atoms with Crippen molar-refractivity contribution in [3.8, 4) is 23.6 Å². The molecule has 0 bridgehead atoms. The van der Waals surface area contributed by atoms with Crippen LogP contribution >= 0.6 is 0 Å². The Bertz CT molecular complexity index is 817. The summed E-state index contributed by atoms with van der Waals surface area (Å²) in [6.45, 7) is 0.350. The number of hydrogen-bond acceptors (Lipinski definition) is 5. The number of methoxy groups -OCH3 is 1. The minimum absolute atomic E-state index is 0.125. The maximum Gasteiger partial charge on any atom is 0.224 e. The van der Waals surface area contributed by atoms with E-state index in [1.165, 1.54) is 7.11 Å². The molecule has 1 amide bonds. The van der Waals surface area contributed by atoms with Gasteiger partial charge in [0.25, 0.3) is 0 Å². The lowest BCUT2D eigenvalue weighted by molar-refractivity contribution is -0.116. The Labute approximate surface area is 146 Å². The largest absolute Gasteiger partial charge is 0.493 e. The van der Waals surface area contributed by atoms with Crippen molar-refractivity contribution in [2.75, 3.05) is 19.0 Å². The predicted octanol–water partition coefficient (Wildman–Crippen LogP) is 3.24. The summed E-state index contributed by atoms with van der Waals surface area (Å²) in [5.74, 6) is 0.898. The van der Waals surface area contributed by atoms with E-state index in [2.05, 4.69) is 5.32 Å². The van der Waals surface area contributed by atoms with Crippen LogP contribution in [-0.4, -0.2) is 19.6 Å². The first-order valence-electron chi connectivity index (χ1n) is 7.67. The van der Waals surface area contributed by atoms with Gasteiger partial charge in [-0.1, -0.05) is 0 Å². The number of nitrogens with one attached hydrogen (secondary N) is 1. The van der Waals surface area contributed by atoms with Gasteiger partial charge >= 0.3 is 0 Å². The fourth-order valence-corrected chi connectivity index (χ4v) is 2.12. The molecule has 0 saturated carbocycles. The molecule has 126 valence electrons. The third-order valence-corrected chi connectivity index (χ3v) is 3.40. The number of anilines is 1. The second-order valence-electron chi connectivity index (χ2n) is 5.17. The van der Waals surface area contributed by atoms with Crippen LogP contribution in [0.15, 0.2) is 42.5 Å². The van der Waals surface area contributed by atoms with Crippen molar-refractivity contribution in [2.45, 2.75) is 12.8 Å². The van der Waals surface area contributed by atoms with Crippen LogP contribution in [0.2, 0.25) is 0 Å². The topological polar surface area (TPSA) is 95.1 Å². The maximum absolute atomic E-state index is 11.9. The molecule has 0 aliphatic carbocycles. The molecule has 0 unspecified atom stereocenters. The molecular formula is C19H17N3O3. The molecule has 2 aromatic rings. The van der Waals surface area contributed by atoms with E-state index < -0.39 is 0 Å². The number of nitrogens with zero attached hydrogens (tertiary/aromatic N) is 2. The van der Waals surface area contributed by atoms with Crippen LogP contribution < -0.4 is 14.8 Å². The lowest BCUT2D eigenvalue weighted by Gasteiger charge is -2.11. The number of benzene rings is 2. The number of rotatable bonds is 7. The monoisotopic (exact) mass is 335 g/mol. The van der Waals surface area contributed by atoms with Crippen LogP contribution in [0.4, 0.5) is 5.69 Å². The molecule has 0 aliphatic heterocycles. The van der Waals surface area contributed by atoms with Crippen molar-refractivity contribution in [3.05, 3.63) is 53.6 Å². The van der Waals surface area contributed by atoms with E-state index in [1.54, 1.807) is 42.5 Å². The van der Waals surface area contributed by atoms with Crippen molar-refractivity contribution < 1.29 is 14.3 Å². The van der Waals surface area contributed by atoms with E-state index in [0.29, 0.717) is 47.8 Å². The average Bonchev–Trinajstić information content (AvgIpc) is 2.65. The molecule has 0 aliphatic rings. The Hall–Kier alpha value is -3.51. The van der Waals surface area contributed by atoms with Gasteiger partial charge in [0.2, 0.25) is 5.91 Å². The molecule has 25 heavy (non-hydrogen) atoms. The summed E-state index contributed by atoms with van der Waals surface area (Å²) in [5, 5.41) is 20.4. The molecule has 1 N–H and O–H groups in total. The highest BCUT2D eigenvalue weighted by Gasteiger charge is 2.07. The van der Waals surface area contributed by atoms with Crippen LogP contribution in [0.1, 0.15) is 24.0 Å². The molecule has 0 aromatic heterocycles. The van der Waals surface area contributed by atoms with Crippen LogP contribution in [0, 0.1) is 22.7 Å². The lowest BCUT2D eigenvalue weighted by Crippen LogP contribution is -2.12. The van der Waals surface area contributed by atoms with Crippen LogP contribution in [0.3, 0.4) is 0 Å². The fraction of sp³-hybridized carbons (Fsp3) is 0.211. The number of hydrogen-bond donors (Lipinski definition) is 1. The third-order valence-electron chi connectivity index (χ3n) is 3.40. The number of carbonyl (C=O) groups excluding carboxylic acids is 1. The predicted molar refractivity (Wildman–Crippen MR) is 92.2 cm³/mol. The van der Waals surface area contributed by atoms with Gasteiger partial charge in [0.05, 0.1) is 37.0 Å². The molecule has 2 rings (SSSR count). The highest BCUT2D eigenvalue weighted by atomic mass is 16.5. The van der Waals surface area contributed by atoms with Gasteiger partial charge in [0.1, 0.15) is 0 Å². The lowest BCUT2D eigenvalue weighted by atomic mass is 10.2. The van der Waals surface area contributed by atoms with E-state index in [1.807, 2.05) is 12.1 Å². The van der Waals surface area contributed by atoms with Crippen LogP contribution in [-0.2, 0) is 4.79 Å². The van der Waals surface area contributed by atoms with Gasteiger partial charge in [0, 0.05) is 18.2 Å². The number of amides is 1. The second kappa shape index (κ2) is 8.95. The van der Waals surface area contributed by atoms with Gasteiger partial charge in [-0.15, -0.1) is 0 Å². The smallest absolute Gasteiger partial charge is 0.224 e. The second-order valence-corrected chi connectivity index (χ2v) is 5.17. The highest BCUT2D eigenvalue weighted by molar-refractivity contribution is 5.90. The van der Waals surface area contributed by atoms with E-state index in [4.69, 9.17) is 20.0 Å². The molecule has 6 heteroatoms. The quantitative estimate of drug-likeness (QED) is 0.784. The van der Waals surface area contributed by atoms with E-state index in [-0.39, 0.29) is 5.91 Å². The summed E-state index contributed by atoms with van der Waals surface area (Å²) in [5.41, 5.74) is 1.69. The summed E-state index contributed by atoms with van der Waals surface area (Å²) in [7, 11) is 1.51. The van der Waals surface area contributed by atoms with Crippen molar-refractivity contribution in [1.82, 2.24) is 0 Å². The van der Waals surface area contributed by atoms with Gasteiger partial charge in [-0.2, -0.15) is 10.5 Å². The van der Waals surface area contributed by atoms with Crippen molar-refractivity contribution in [2.24, 2.45) is 0 Å². The van der Waals surface area contributed by atoms with Gasteiger partial charge in [-0.05, 0) is 42.8 Å². The molecule has 0 spiro atoms. The summed E-state index contributed by atoms with van der Waals surface area (Å²) >= 11 is 0. The Morgan fingerprint density at radius 3 is 2.36 bits per heavy atom. The number of nitriles is 2. The molecule has 0 saturated heterocycles.